The maximum atomic E-state index is 5.68. The molecule has 0 aromatic carbocycles. The van der Waals surface area contributed by atoms with Crippen molar-refractivity contribution in [2.24, 2.45) is 0 Å². The van der Waals surface area contributed by atoms with E-state index in [1.54, 1.807) is 0 Å². The molecule has 0 aliphatic heterocycles. The zero-order valence-electron chi connectivity index (χ0n) is 6.02. The fourth-order valence-corrected chi connectivity index (χ4v) is 4.02. The van der Waals surface area contributed by atoms with Crippen LogP contribution in [0.1, 0.15) is 0 Å². The molecule has 0 amide bonds. The molecule has 0 atom stereocenters. The summed E-state index contributed by atoms with van der Waals surface area (Å²) in [7, 11) is 4.97. The molecule has 0 aromatic heterocycles. The second kappa shape index (κ2) is 3.35. The van der Waals surface area contributed by atoms with E-state index in [2.05, 4.69) is 26.2 Å². The molecule has 0 bridgehead atoms. The second-order valence-corrected chi connectivity index (χ2v) is 7.46. The van der Waals surface area contributed by atoms with Crippen molar-refractivity contribution in [2.75, 3.05) is 0 Å². The SMILES string of the molecule is [B]=[N+]([Si](C)C)[Si](C)C. The molecule has 4 heteroatoms. The molecule has 0 aromatic rings. The Morgan fingerprint density at radius 1 is 1.00 bits per heavy atom. The van der Waals surface area contributed by atoms with Crippen molar-refractivity contribution >= 4 is 25.6 Å². The maximum absolute atomic E-state index is 5.68. The first kappa shape index (κ1) is 8.30. The van der Waals surface area contributed by atoms with E-state index in [1.165, 1.54) is 0 Å². The van der Waals surface area contributed by atoms with Gasteiger partial charge in [-0.25, -0.2) is 0 Å². The van der Waals surface area contributed by atoms with E-state index in [0.717, 1.165) is 0 Å². The summed E-state index contributed by atoms with van der Waals surface area (Å²) in [6.07, 6.45) is 0. The predicted octanol–water partition coefficient (Wildman–Crippen LogP) is 0.853. The number of nitrogens with zero attached hydrogens (tertiary/aromatic N) is 1. The summed E-state index contributed by atoms with van der Waals surface area (Å²) >= 11 is 0. The molecule has 0 aliphatic rings. The molecule has 3 radical (unpaired) electrons. The van der Waals surface area contributed by atoms with Gasteiger partial charge in [-0.1, -0.05) is 0 Å². The van der Waals surface area contributed by atoms with Gasteiger partial charge in [0.2, 0.25) is 0 Å². The molecular weight excluding hydrogens is 129 g/mol. The van der Waals surface area contributed by atoms with Crippen molar-refractivity contribution in [3.63, 3.8) is 0 Å². The molecule has 0 unspecified atom stereocenters. The summed E-state index contributed by atoms with van der Waals surface area (Å²) in [5.41, 5.74) is 0. The molecule has 0 N–H and O–H groups in total. The Kier molecular flexibility index (Phi) is 3.47. The van der Waals surface area contributed by atoms with Gasteiger partial charge < -0.3 is 0 Å². The van der Waals surface area contributed by atoms with Crippen LogP contribution in [-0.4, -0.2) is 29.4 Å². The van der Waals surface area contributed by atoms with Crippen LogP contribution in [-0.2, 0) is 0 Å². The summed E-state index contributed by atoms with van der Waals surface area (Å²) < 4.78 is 2.04. The first-order chi connectivity index (χ1) is 3.55. The van der Waals surface area contributed by atoms with E-state index < -0.39 is 0 Å². The molecular formula is C4H12BNSi2+. The third kappa shape index (κ3) is 2.57. The zero-order chi connectivity index (χ0) is 6.73. The predicted molar refractivity (Wildman–Crippen MR) is 41.0 cm³/mol. The van der Waals surface area contributed by atoms with Gasteiger partial charge in [-0.3, -0.25) is 0 Å². The van der Waals surface area contributed by atoms with Crippen LogP contribution in [0.15, 0.2) is 0 Å². The second-order valence-electron chi connectivity index (χ2n) is 2.26. The van der Waals surface area contributed by atoms with Crippen molar-refractivity contribution in [1.29, 1.82) is 0 Å². The summed E-state index contributed by atoms with van der Waals surface area (Å²) in [5.74, 6) is 0. The minimum absolute atomic E-state index is 0.355. The van der Waals surface area contributed by atoms with Crippen molar-refractivity contribution in [2.45, 2.75) is 26.2 Å². The molecule has 0 fully saturated rings. The summed E-state index contributed by atoms with van der Waals surface area (Å²) in [4.78, 5) is 0. The third-order valence-corrected chi connectivity index (χ3v) is 5.57. The number of rotatable bonds is 2. The van der Waals surface area contributed by atoms with Crippen LogP contribution in [0.4, 0.5) is 0 Å². The van der Waals surface area contributed by atoms with E-state index in [4.69, 9.17) is 7.64 Å². The van der Waals surface area contributed by atoms with Gasteiger partial charge in [0.1, 0.15) is 0 Å². The summed E-state index contributed by atoms with van der Waals surface area (Å²) in [6.45, 7) is 8.84. The Morgan fingerprint density at radius 3 is 1.25 bits per heavy atom. The average Bonchev–Trinajstić information content (AvgIpc) is 1.64. The van der Waals surface area contributed by atoms with Crippen LogP contribution in [0, 0.1) is 0 Å². The van der Waals surface area contributed by atoms with Gasteiger partial charge in [0, 0.05) is 0 Å². The van der Waals surface area contributed by atoms with Gasteiger partial charge in [-0.15, -0.1) is 0 Å². The Labute approximate surface area is 56.2 Å². The molecule has 43 valence electrons. The molecule has 0 heterocycles. The van der Waals surface area contributed by atoms with E-state index in [1.807, 2.05) is 3.81 Å². The van der Waals surface area contributed by atoms with Crippen molar-refractivity contribution in [3.05, 3.63) is 0 Å². The van der Waals surface area contributed by atoms with Gasteiger partial charge >= 0.3 is 55.6 Å². The van der Waals surface area contributed by atoms with Gasteiger partial charge in [-0.2, -0.15) is 0 Å². The Balaban J connectivity index is 3.65. The first-order valence-corrected chi connectivity index (χ1v) is 7.60. The molecule has 0 saturated carbocycles. The van der Waals surface area contributed by atoms with Crippen molar-refractivity contribution < 1.29 is 3.81 Å². The van der Waals surface area contributed by atoms with Crippen molar-refractivity contribution in [3.8, 4) is 0 Å². The topological polar surface area (TPSA) is 3.01 Å². The van der Waals surface area contributed by atoms with Gasteiger partial charge in [0.25, 0.3) is 0 Å². The fourth-order valence-electron chi connectivity index (χ4n) is 0.447. The van der Waals surface area contributed by atoms with Gasteiger partial charge in [0.05, 0.1) is 0 Å². The normalized spacial score (nSPS) is 10.6. The number of hydrogen-bond donors (Lipinski definition) is 0. The van der Waals surface area contributed by atoms with E-state index in [-0.39, 0.29) is 17.9 Å². The Morgan fingerprint density at radius 2 is 1.25 bits per heavy atom. The zero-order valence-corrected chi connectivity index (χ0v) is 8.02. The number of hydrogen-bond acceptors (Lipinski definition) is 0. The Bertz CT molecular complexity index is 82.0. The third-order valence-electron chi connectivity index (χ3n) is 0.964. The monoisotopic (exact) mass is 141 g/mol. The van der Waals surface area contributed by atoms with E-state index in [9.17, 15) is 0 Å². The van der Waals surface area contributed by atoms with Crippen LogP contribution >= 0.6 is 0 Å². The quantitative estimate of drug-likeness (QED) is 0.501. The molecule has 8 heavy (non-hydrogen) atoms. The summed E-state index contributed by atoms with van der Waals surface area (Å²) in [6, 6.07) is 0. The molecule has 1 nitrogen and oxygen atoms in total. The molecule has 0 saturated heterocycles. The van der Waals surface area contributed by atoms with Crippen molar-refractivity contribution in [1.82, 2.24) is 0 Å². The summed E-state index contributed by atoms with van der Waals surface area (Å²) in [5, 5.41) is 0. The van der Waals surface area contributed by atoms with E-state index in [0.29, 0.717) is 0 Å². The first-order valence-electron chi connectivity index (χ1n) is 2.71. The fraction of sp³-hybridized carbons (Fsp3) is 1.00. The van der Waals surface area contributed by atoms with Crippen LogP contribution in [0.2, 0.25) is 26.2 Å². The standard InChI is InChI=1S/C4H12BNSi2/c1-7(2)6(5)8(3)4/h1-4H3/q+1. The molecule has 0 aliphatic carbocycles. The van der Waals surface area contributed by atoms with Crippen LogP contribution < -0.4 is 0 Å². The van der Waals surface area contributed by atoms with Crippen LogP contribution in [0.5, 0.6) is 0 Å². The molecule has 0 spiro atoms. The average molecular weight is 141 g/mol. The van der Waals surface area contributed by atoms with Crippen LogP contribution in [0.3, 0.4) is 0 Å². The Hall–Kier alpha value is 0.299. The van der Waals surface area contributed by atoms with E-state index >= 15 is 0 Å². The minimum atomic E-state index is -0.355. The molecule has 0 rings (SSSR count). The van der Waals surface area contributed by atoms with Crippen LogP contribution in [0.25, 0.3) is 0 Å². The van der Waals surface area contributed by atoms with Gasteiger partial charge in [-0.05, 0) is 0 Å². The van der Waals surface area contributed by atoms with Gasteiger partial charge in [0.15, 0.2) is 0 Å².